The van der Waals surface area contributed by atoms with Crippen LogP contribution in [-0.2, 0) is 18.4 Å². The number of hydrogen-bond acceptors (Lipinski definition) is 6. The molecule has 0 fully saturated rings. The summed E-state index contributed by atoms with van der Waals surface area (Å²) in [4.78, 5) is 25.0. The van der Waals surface area contributed by atoms with Gasteiger partial charge < -0.3 is 28.8 Å². The Bertz CT molecular complexity index is 713. The fraction of sp³-hybridized carbons (Fsp3) is 0.909. The summed E-state index contributed by atoms with van der Waals surface area (Å²) in [6, 6.07) is -0.875. The lowest BCUT2D eigenvalue weighted by molar-refractivity contribution is -0.870. The van der Waals surface area contributed by atoms with Crippen molar-refractivity contribution in [3.8, 4) is 0 Å². The monoisotopic (exact) mass is 618 g/mol. The number of unbranched alkanes of at least 4 members (excludes halogenated alkanes) is 17. The van der Waals surface area contributed by atoms with E-state index in [-0.39, 0.29) is 19.1 Å². The normalized spacial score (nSPS) is 15.1. The average molecular weight is 619 g/mol. The van der Waals surface area contributed by atoms with Gasteiger partial charge in [-0.3, -0.25) is 9.36 Å². The van der Waals surface area contributed by atoms with E-state index in [0.29, 0.717) is 17.4 Å². The summed E-state index contributed by atoms with van der Waals surface area (Å²) in [5, 5.41) is 13.6. The molecule has 0 saturated heterocycles. The summed E-state index contributed by atoms with van der Waals surface area (Å²) in [5.41, 5.74) is 0. The van der Waals surface area contributed by atoms with E-state index in [0.717, 1.165) is 38.5 Å². The molecule has 2 N–H and O–H groups in total. The Morgan fingerprint density at radius 3 is 1.79 bits per heavy atom. The smallest absolute Gasteiger partial charge is 0.268 e. The van der Waals surface area contributed by atoms with Gasteiger partial charge in [-0.15, -0.1) is 0 Å². The number of amides is 1. The largest absolute Gasteiger partial charge is 0.756 e. The highest BCUT2D eigenvalue weighted by Crippen LogP contribution is 2.38. The lowest BCUT2D eigenvalue weighted by atomic mass is 10.0. The number of rotatable bonds is 30. The predicted octanol–water partition coefficient (Wildman–Crippen LogP) is 7.44. The third-order valence-corrected chi connectivity index (χ3v) is 8.46. The van der Waals surface area contributed by atoms with Gasteiger partial charge in [0.2, 0.25) is 5.91 Å². The molecule has 3 atom stereocenters. The van der Waals surface area contributed by atoms with Crippen LogP contribution in [0.15, 0.2) is 12.2 Å². The van der Waals surface area contributed by atoms with E-state index in [1.165, 1.54) is 83.5 Å². The van der Waals surface area contributed by atoms with Gasteiger partial charge in [0.05, 0.1) is 39.9 Å². The molecule has 250 valence electrons. The highest BCUT2D eigenvalue weighted by atomic mass is 31.2. The van der Waals surface area contributed by atoms with Crippen LogP contribution in [0.1, 0.15) is 142 Å². The Labute approximate surface area is 259 Å². The molecule has 0 radical (unpaired) electrons. The Morgan fingerprint density at radius 2 is 1.29 bits per heavy atom. The number of quaternary nitrogens is 1. The second-order valence-electron chi connectivity index (χ2n) is 12.9. The van der Waals surface area contributed by atoms with Gasteiger partial charge in [0, 0.05) is 6.42 Å². The number of carbonyl (C=O) groups is 1. The summed E-state index contributed by atoms with van der Waals surface area (Å²) >= 11 is 0. The topological polar surface area (TPSA) is 108 Å². The molecule has 1 amide bonds. The summed E-state index contributed by atoms with van der Waals surface area (Å²) in [6.07, 6.45) is 25.4. The third-order valence-electron chi connectivity index (χ3n) is 7.50. The van der Waals surface area contributed by atoms with Crippen molar-refractivity contribution in [1.82, 2.24) is 5.32 Å². The first-order valence-corrected chi connectivity index (χ1v) is 18.5. The molecule has 0 saturated carbocycles. The Hall–Kier alpha value is -0.760. The van der Waals surface area contributed by atoms with Gasteiger partial charge in [-0.25, -0.2) is 0 Å². The minimum absolute atomic E-state index is 0.00105. The van der Waals surface area contributed by atoms with Gasteiger partial charge in [-0.05, 0) is 19.3 Å². The first-order valence-electron chi connectivity index (χ1n) is 17.1. The van der Waals surface area contributed by atoms with E-state index in [2.05, 4.69) is 19.2 Å². The van der Waals surface area contributed by atoms with Crippen LogP contribution in [0.25, 0.3) is 0 Å². The van der Waals surface area contributed by atoms with Crippen molar-refractivity contribution in [3.63, 3.8) is 0 Å². The van der Waals surface area contributed by atoms with E-state index in [4.69, 9.17) is 9.05 Å². The van der Waals surface area contributed by atoms with Gasteiger partial charge in [0.25, 0.3) is 7.82 Å². The van der Waals surface area contributed by atoms with Crippen LogP contribution < -0.4 is 10.2 Å². The lowest BCUT2D eigenvalue weighted by Gasteiger charge is -2.29. The molecule has 0 aliphatic rings. The van der Waals surface area contributed by atoms with Gasteiger partial charge >= 0.3 is 0 Å². The molecule has 0 heterocycles. The maximum Gasteiger partial charge on any atom is 0.268 e. The molecule has 0 aromatic heterocycles. The van der Waals surface area contributed by atoms with Crippen LogP contribution in [0.3, 0.4) is 0 Å². The molecule has 9 heteroatoms. The highest BCUT2D eigenvalue weighted by Gasteiger charge is 2.23. The number of allylic oxidation sites excluding steroid dienone is 1. The summed E-state index contributed by atoms with van der Waals surface area (Å²) in [7, 11) is 1.26. The van der Waals surface area contributed by atoms with E-state index in [1.807, 2.05) is 27.2 Å². The Balaban J connectivity index is 4.60. The zero-order valence-electron chi connectivity index (χ0n) is 28.0. The Kier molecular flexibility index (Phi) is 26.1. The molecular formula is C33H67N2O6P. The first-order chi connectivity index (χ1) is 20.0. The molecule has 0 rings (SSSR count). The molecule has 3 unspecified atom stereocenters. The van der Waals surface area contributed by atoms with Crippen LogP contribution in [0.2, 0.25) is 0 Å². The number of phosphoric acid groups is 1. The van der Waals surface area contributed by atoms with E-state index in [1.54, 1.807) is 6.08 Å². The number of likely N-dealkylation sites (N-methyl/N-ethyl adjacent to an activating group) is 1. The minimum atomic E-state index is -4.56. The second-order valence-corrected chi connectivity index (χ2v) is 14.3. The molecule has 42 heavy (non-hydrogen) atoms. The fourth-order valence-electron chi connectivity index (χ4n) is 4.68. The van der Waals surface area contributed by atoms with E-state index >= 15 is 0 Å². The lowest BCUT2D eigenvalue weighted by Crippen LogP contribution is -2.45. The number of carbonyl (C=O) groups excluding carboxylic acids is 1. The SMILES string of the molecule is CCCCCCCCC/C=C/C(O)C(COP(=O)([O-])OCC[N+](C)(C)C)NC(=O)CCCCCCCCCCCCC. The predicted molar refractivity (Wildman–Crippen MR) is 173 cm³/mol. The number of phosphoric ester groups is 1. The minimum Gasteiger partial charge on any atom is -0.756 e. The van der Waals surface area contributed by atoms with E-state index < -0.39 is 20.0 Å². The van der Waals surface area contributed by atoms with E-state index in [9.17, 15) is 19.4 Å². The number of nitrogens with one attached hydrogen (secondary N) is 1. The molecule has 0 aliphatic carbocycles. The molecule has 0 aromatic carbocycles. The molecule has 8 nitrogen and oxygen atoms in total. The number of aliphatic hydroxyl groups is 1. The molecule has 0 bridgehead atoms. The van der Waals surface area contributed by atoms with Crippen LogP contribution in [0, 0.1) is 0 Å². The van der Waals surface area contributed by atoms with Crippen molar-refractivity contribution in [2.75, 3.05) is 40.9 Å². The Morgan fingerprint density at radius 1 is 0.810 bits per heavy atom. The molecule has 0 spiro atoms. The van der Waals surface area contributed by atoms with Crippen molar-refractivity contribution >= 4 is 13.7 Å². The maximum atomic E-state index is 12.7. The van der Waals surface area contributed by atoms with Crippen molar-refractivity contribution in [2.24, 2.45) is 0 Å². The fourth-order valence-corrected chi connectivity index (χ4v) is 5.40. The van der Waals surface area contributed by atoms with Gasteiger partial charge in [0.1, 0.15) is 13.2 Å². The maximum absolute atomic E-state index is 12.7. The zero-order chi connectivity index (χ0) is 31.5. The second kappa shape index (κ2) is 26.6. The number of nitrogens with zero attached hydrogens (tertiary/aromatic N) is 1. The standard InChI is InChI=1S/C33H67N2O6P/c1-6-8-10-12-14-16-17-19-21-23-25-27-33(37)34-31(30-41-42(38,39)40-29-28-35(3,4)5)32(36)26-24-22-20-18-15-13-11-9-7-2/h24,26,31-32,36H,6-23,25,27-30H2,1-5H3,(H-,34,37,38,39)/b26-24+. The quantitative estimate of drug-likeness (QED) is 0.0375. The van der Waals surface area contributed by atoms with Crippen LogP contribution in [0.5, 0.6) is 0 Å². The summed E-state index contributed by atoms with van der Waals surface area (Å²) in [6.45, 7) is 4.57. The molecule has 0 aliphatic heterocycles. The average Bonchev–Trinajstić information content (AvgIpc) is 2.92. The van der Waals surface area contributed by atoms with Crippen LogP contribution >= 0.6 is 7.82 Å². The van der Waals surface area contributed by atoms with Crippen LogP contribution in [-0.4, -0.2) is 68.5 Å². The van der Waals surface area contributed by atoms with Crippen molar-refractivity contribution in [1.29, 1.82) is 0 Å². The van der Waals surface area contributed by atoms with Crippen LogP contribution in [0.4, 0.5) is 0 Å². The highest BCUT2D eigenvalue weighted by molar-refractivity contribution is 7.45. The van der Waals surface area contributed by atoms with Gasteiger partial charge in [0.15, 0.2) is 0 Å². The number of aliphatic hydroxyl groups excluding tert-OH is 1. The summed E-state index contributed by atoms with van der Waals surface area (Å²) < 4.78 is 22.9. The van der Waals surface area contributed by atoms with Crippen molar-refractivity contribution < 1.29 is 32.9 Å². The molecule has 0 aromatic rings. The first kappa shape index (κ1) is 41.2. The van der Waals surface area contributed by atoms with Crippen molar-refractivity contribution in [2.45, 2.75) is 154 Å². The van der Waals surface area contributed by atoms with Gasteiger partial charge in [-0.1, -0.05) is 129 Å². The van der Waals surface area contributed by atoms with Crippen molar-refractivity contribution in [3.05, 3.63) is 12.2 Å². The van der Waals surface area contributed by atoms with Gasteiger partial charge in [-0.2, -0.15) is 0 Å². The third kappa shape index (κ3) is 28.0. The number of hydrogen-bond donors (Lipinski definition) is 2. The zero-order valence-corrected chi connectivity index (χ0v) is 28.9. The molecular weight excluding hydrogens is 551 g/mol. The summed E-state index contributed by atoms with van der Waals surface area (Å²) in [5.74, 6) is -0.203.